The van der Waals surface area contributed by atoms with E-state index in [4.69, 9.17) is 11.2 Å². The van der Waals surface area contributed by atoms with Crippen LogP contribution in [-0.4, -0.2) is 12.7 Å². The summed E-state index contributed by atoms with van der Waals surface area (Å²) in [4.78, 5) is 0. The Kier molecular flexibility index (Phi) is 2.96. The van der Waals surface area contributed by atoms with E-state index in [1.54, 1.807) is 7.11 Å². The average Bonchev–Trinajstić information content (AvgIpc) is 2.07. The molecule has 0 N–H and O–H groups in total. The van der Waals surface area contributed by atoms with E-state index in [2.05, 4.69) is 5.92 Å². The van der Waals surface area contributed by atoms with Gasteiger partial charge in [-0.05, 0) is 12.8 Å². The third-order valence-corrected chi connectivity index (χ3v) is 2.62. The van der Waals surface area contributed by atoms with Gasteiger partial charge in [0, 0.05) is 13.5 Å². The summed E-state index contributed by atoms with van der Waals surface area (Å²) in [6, 6.07) is 0. The Labute approximate surface area is 69.1 Å². The third kappa shape index (κ3) is 1.97. The van der Waals surface area contributed by atoms with Gasteiger partial charge in [-0.3, -0.25) is 0 Å². The Morgan fingerprint density at radius 2 is 2.00 bits per heavy atom. The fourth-order valence-electron chi connectivity index (χ4n) is 1.84. The van der Waals surface area contributed by atoms with Crippen LogP contribution in [0.1, 0.15) is 38.5 Å². The van der Waals surface area contributed by atoms with Crippen LogP contribution in [0.2, 0.25) is 0 Å². The molecule has 0 aromatic rings. The van der Waals surface area contributed by atoms with Crippen LogP contribution in [0.5, 0.6) is 0 Å². The summed E-state index contributed by atoms with van der Waals surface area (Å²) in [5.74, 6) is 2.70. The standard InChI is InChI=1S/C10H16O/c1-3-7-10(11-2)8-5-4-6-9-10/h1H,4-9H2,2H3. The third-order valence-electron chi connectivity index (χ3n) is 2.62. The molecule has 1 heteroatoms. The molecule has 0 amide bonds. The fourth-order valence-corrected chi connectivity index (χ4v) is 1.84. The quantitative estimate of drug-likeness (QED) is 0.552. The van der Waals surface area contributed by atoms with Gasteiger partial charge in [-0.1, -0.05) is 19.3 Å². The van der Waals surface area contributed by atoms with Gasteiger partial charge in [-0.15, -0.1) is 12.3 Å². The van der Waals surface area contributed by atoms with Crippen LogP contribution in [0.4, 0.5) is 0 Å². The molecule has 0 bridgehead atoms. The van der Waals surface area contributed by atoms with Crippen molar-refractivity contribution in [1.82, 2.24) is 0 Å². The van der Waals surface area contributed by atoms with E-state index in [1.807, 2.05) is 0 Å². The molecule has 0 spiro atoms. The highest BCUT2D eigenvalue weighted by Gasteiger charge is 2.30. The van der Waals surface area contributed by atoms with E-state index in [0.29, 0.717) is 0 Å². The largest absolute Gasteiger partial charge is 0.377 e. The minimum atomic E-state index is 0.0347. The lowest BCUT2D eigenvalue weighted by Gasteiger charge is -2.34. The number of hydrogen-bond acceptors (Lipinski definition) is 1. The molecule has 0 aromatic carbocycles. The zero-order valence-electron chi connectivity index (χ0n) is 7.23. The zero-order valence-corrected chi connectivity index (χ0v) is 7.23. The van der Waals surface area contributed by atoms with Crippen LogP contribution in [0.25, 0.3) is 0 Å². The Hall–Kier alpha value is -0.480. The molecule has 0 heterocycles. The topological polar surface area (TPSA) is 9.23 Å². The summed E-state index contributed by atoms with van der Waals surface area (Å²) in [5, 5.41) is 0. The van der Waals surface area contributed by atoms with Crippen molar-refractivity contribution in [1.29, 1.82) is 0 Å². The first-order valence-corrected chi connectivity index (χ1v) is 4.32. The first-order chi connectivity index (χ1) is 5.33. The van der Waals surface area contributed by atoms with Crippen molar-refractivity contribution in [2.75, 3.05) is 7.11 Å². The molecular weight excluding hydrogens is 136 g/mol. The first-order valence-electron chi connectivity index (χ1n) is 4.32. The van der Waals surface area contributed by atoms with Gasteiger partial charge in [0.25, 0.3) is 0 Å². The molecule has 1 nitrogen and oxygen atoms in total. The number of rotatable bonds is 2. The molecule has 0 aliphatic heterocycles. The van der Waals surface area contributed by atoms with Gasteiger partial charge < -0.3 is 4.74 Å². The highest BCUT2D eigenvalue weighted by Crippen LogP contribution is 2.33. The van der Waals surface area contributed by atoms with E-state index in [9.17, 15) is 0 Å². The van der Waals surface area contributed by atoms with Crippen molar-refractivity contribution in [3.63, 3.8) is 0 Å². The summed E-state index contributed by atoms with van der Waals surface area (Å²) in [6.45, 7) is 0. The van der Waals surface area contributed by atoms with Crippen molar-refractivity contribution in [2.24, 2.45) is 0 Å². The highest BCUT2D eigenvalue weighted by atomic mass is 16.5. The number of terminal acetylenes is 1. The average molecular weight is 152 g/mol. The first kappa shape index (κ1) is 8.62. The van der Waals surface area contributed by atoms with Crippen LogP contribution >= 0.6 is 0 Å². The van der Waals surface area contributed by atoms with Gasteiger partial charge in [0.05, 0.1) is 5.60 Å². The van der Waals surface area contributed by atoms with E-state index in [-0.39, 0.29) is 5.60 Å². The maximum absolute atomic E-state index is 5.48. The zero-order chi connectivity index (χ0) is 8.16. The van der Waals surface area contributed by atoms with Crippen molar-refractivity contribution in [3.05, 3.63) is 0 Å². The molecule has 1 saturated carbocycles. The van der Waals surface area contributed by atoms with Crippen LogP contribution in [-0.2, 0) is 4.74 Å². The van der Waals surface area contributed by atoms with Crippen molar-refractivity contribution >= 4 is 0 Å². The predicted octanol–water partition coefficient (Wildman–Crippen LogP) is 2.36. The van der Waals surface area contributed by atoms with E-state index in [1.165, 1.54) is 19.3 Å². The Morgan fingerprint density at radius 3 is 2.45 bits per heavy atom. The lowest BCUT2D eigenvalue weighted by molar-refractivity contribution is -0.0348. The lowest BCUT2D eigenvalue weighted by Crippen LogP contribution is -2.33. The van der Waals surface area contributed by atoms with Crippen LogP contribution in [0.3, 0.4) is 0 Å². The number of methoxy groups -OCH3 is 1. The molecule has 0 atom stereocenters. The SMILES string of the molecule is C#CCC1(OC)CCCCC1. The van der Waals surface area contributed by atoms with Gasteiger partial charge in [-0.2, -0.15) is 0 Å². The molecule has 0 aromatic heterocycles. The molecule has 1 fully saturated rings. The van der Waals surface area contributed by atoms with Gasteiger partial charge in [0.2, 0.25) is 0 Å². The summed E-state index contributed by atoms with van der Waals surface area (Å²) >= 11 is 0. The second kappa shape index (κ2) is 3.78. The highest BCUT2D eigenvalue weighted by molar-refractivity contribution is 4.97. The van der Waals surface area contributed by atoms with Crippen molar-refractivity contribution in [2.45, 2.75) is 44.1 Å². The second-order valence-electron chi connectivity index (χ2n) is 3.33. The number of hydrogen-bond donors (Lipinski definition) is 0. The monoisotopic (exact) mass is 152 g/mol. The minimum absolute atomic E-state index is 0.0347. The minimum Gasteiger partial charge on any atom is -0.377 e. The maximum Gasteiger partial charge on any atom is 0.0787 e. The predicted molar refractivity (Wildman–Crippen MR) is 46.3 cm³/mol. The van der Waals surface area contributed by atoms with Crippen LogP contribution < -0.4 is 0 Å². The molecular formula is C10H16O. The number of ether oxygens (including phenoxy) is 1. The van der Waals surface area contributed by atoms with Gasteiger partial charge in [0.15, 0.2) is 0 Å². The van der Waals surface area contributed by atoms with Gasteiger partial charge in [-0.25, -0.2) is 0 Å². The van der Waals surface area contributed by atoms with E-state index >= 15 is 0 Å². The van der Waals surface area contributed by atoms with E-state index < -0.39 is 0 Å². The molecule has 0 radical (unpaired) electrons. The van der Waals surface area contributed by atoms with Gasteiger partial charge >= 0.3 is 0 Å². The molecule has 1 aliphatic rings. The molecule has 0 saturated heterocycles. The smallest absolute Gasteiger partial charge is 0.0787 e. The summed E-state index contributed by atoms with van der Waals surface area (Å²) < 4.78 is 5.48. The Bertz CT molecular complexity index is 149. The molecule has 1 aliphatic carbocycles. The summed E-state index contributed by atoms with van der Waals surface area (Å²) in [7, 11) is 1.78. The molecule has 11 heavy (non-hydrogen) atoms. The van der Waals surface area contributed by atoms with Crippen molar-refractivity contribution < 1.29 is 4.74 Å². The van der Waals surface area contributed by atoms with E-state index in [0.717, 1.165) is 19.3 Å². The Balaban J connectivity index is 2.51. The van der Waals surface area contributed by atoms with Crippen LogP contribution in [0.15, 0.2) is 0 Å². The van der Waals surface area contributed by atoms with Crippen molar-refractivity contribution in [3.8, 4) is 12.3 Å². The second-order valence-corrected chi connectivity index (χ2v) is 3.33. The lowest BCUT2D eigenvalue weighted by atomic mass is 9.82. The molecule has 0 unspecified atom stereocenters. The molecule has 1 rings (SSSR count). The molecule has 62 valence electrons. The normalized spacial score (nSPS) is 22.5. The van der Waals surface area contributed by atoms with Crippen LogP contribution in [0, 0.1) is 12.3 Å². The maximum atomic E-state index is 5.48. The summed E-state index contributed by atoms with van der Waals surface area (Å²) in [5.41, 5.74) is 0.0347. The van der Waals surface area contributed by atoms with Gasteiger partial charge in [0.1, 0.15) is 0 Å². The Morgan fingerprint density at radius 1 is 1.36 bits per heavy atom. The summed E-state index contributed by atoms with van der Waals surface area (Å²) in [6.07, 6.45) is 12.3. The fraction of sp³-hybridized carbons (Fsp3) is 0.800.